The molecule has 1 N–H and O–H groups in total. The van der Waals surface area contributed by atoms with Gasteiger partial charge in [-0.1, -0.05) is 12.1 Å². The van der Waals surface area contributed by atoms with Crippen LogP contribution in [0.5, 0.6) is 11.5 Å². The highest BCUT2D eigenvalue weighted by atomic mass is 16.5. The third kappa shape index (κ3) is 4.13. The summed E-state index contributed by atoms with van der Waals surface area (Å²) >= 11 is 0. The number of nitrogens with zero attached hydrogens (tertiary/aromatic N) is 1. The van der Waals surface area contributed by atoms with Gasteiger partial charge in [0.2, 0.25) is 0 Å². The molecule has 0 unspecified atom stereocenters. The fourth-order valence-corrected chi connectivity index (χ4v) is 2.13. The van der Waals surface area contributed by atoms with Gasteiger partial charge in [-0.05, 0) is 32.4 Å². The SMILES string of the molecule is CC[C@H](Oc1cc(OC)ccc1C(C)=O)C(=O)Nc1cc(C)on1. The first-order chi connectivity index (χ1) is 11.4. The number of amides is 1. The van der Waals surface area contributed by atoms with Crippen molar-refractivity contribution in [1.82, 2.24) is 5.16 Å². The van der Waals surface area contributed by atoms with Crippen LogP contribution in [0.4, 0.5) is 5.82 Å². The molecule has 0 radical (unpaired) electrons. The Morgan fingerprint density at radius 3 is 2.62 bits per heavy atom. The van der Waals surface area contributed by atoms with Gasteiger partial charge < -0.3 is 19.3 Å². The lowest BCUT2D eigenvalue weighted by atomic mass is 10.1. The van der Waals surface area contributed by atoms with E-state index in [1.165, 1.54) is 14.0 Å². The van der Waals surface area contributed by atoms with E-state index in [-0.39, 0.29) is 11.7 Å². The Morgan fingerprint density at radius 2 is 2.08 bits per heavy atom. The molecule has 24 heavy (non-hydrogen) atoms. The molecule has 1 aromatic carbocycles. The summed E-state index contributed by atoms with van der Waals surface area (Å²) in [5.41, 5.74) is 0.388. The number of aryl methyl sites for hydroxylation is 1. The van der Waals surface area contributed by atoms with E-state index in [0.717, 1.165) is 0 Å². The maximum absolute atomic E-state index is 12.4. The van der Waals surface area contributed by atoms with Crippen molar-refractivity contribution < 1.29 is 23.6 Å². The zero-order valence-electron chi connectivity index (χ0n) is 14.1. The largest absolute Gasteiger partial charge is 0.497 e. The van der Waals surface area contributed by atoms with Crippen molar-refractivity contribution in [2.24, 2.45) is 0 Å². The van der Waals surface area contributed by atoms with Crippen LogP contribution >= 0.6 is 0 Å². The Labute approximate surface area is 139 Å². The van der Waals surface area contributed by atoms with E-state index in [2.05, 4.69) is 10.5 Å². The van der Waals surface area contributed by atoms with Gasteiger partial charge in [0.25, 0.3) is 5.91 Å². The Kier molecular flexibility index (Phi) is 5.57. The first-order valence-corrected chi connectivity index (χ1v) is 7.54. The summed E-state index contributed by atoms with van der Waals surface area (Å²) in [7, 11) is 1.52. The Balaban J connectivity index is 2.19. The number of carbonyl (C=O) groups is 2. The lowest BCUT2D eigenvalue weighted by Crippen LogP contribution is -2.32. The molecule has 2 rings (SSSR count). The van der Waals surface area contributed by atoms with Crippen molar-refractivity contribution in [3.05, 3.63) is 35.6 Å². The van der Waals surface area contributed by atoms with Crippen molar-refractivity contribution in [1.29, 1.82) is 0 Å². The van der Waals surface area contributed by atoms with Crippen LogP contribution in [-0.4, -0.2) is 30.1 Å². The zero-order chi connectivity index (χ0) is 17.7. The molecule has 0 fully saturated rings. The minimum atomic E-state index is -0.785. The Bertz CT molecular complexity index is 738. The van der Waals surface area contributed by atoms with Crippen LogP contribution in [-0.2, 0) is 4.79 Å². The molecule has 0 spiro atoms. The highest BCUT2D eigenvalue weighted by Gasteiger charge is 2.22. The zero-order valence-corrected chi connectivity index (χ0v) is 14.1. The van der Waals surface area contributed by atoms with E-state index in [1.807, 2.05) is 6.92 Å². The molecule has 1 aromatic heterocycles. The predicted octanol–water partition coefficient (Wildman–Crippen LogP) is 2.99. The fourth-order valence-electron chi connectivity index (χ4n) is 2.13. The summed E-state index contributed by atoms with van der Waals surface area (Å²) in [6.45, 7) is 4.98. The van der Waals surface area contributed by atoms with E-state index in [4.69, 9.17) is 14.0 Å². The number of methoxy groups -OCH3 is 1. The number of benzene rings is 1. The number of anilines is 1. The normalized spacial score (nSPS) is 11.7. The lowest BCUT2D eigenvalue weighted by molar-refractivity contribution is -0.122. The molecular weight excluding hydrogens is 312 g/mol. The lowest BCUT2D eigenvalue weighted by Gasteiger charge is -2.18. The summed E-state index contributed by atoms with van der Waals surface area (Å²) < 4.78 is 15.8. The third-order valence-electron chi connectivity index (χ3n) is 3.38. The molecular formula is C17H20N2O5. The smallest absolute Gasteiger partial charge is 0.266 e. The maximum Gasteiger partial charge on any atom is 0.266 e. The molecule has 0 bridgehead atoms. The van der Waals surface area contributed by atoms with E-state index in [1.54, 1.807) is 31.2 Å². The molecule has 7 nitrogen and oxygen atoms in total. The Hall–Kier alpha value is -2.83. The van der Waals surface area contributed by atoms with Crippen LogP contribution in [0, 0.1) is 6.92 Å². The van der Waals surface area contributed by atoms with Crippen LogP contribution in [0.25, 0.3) is 0 Å². The van der Waals surface area contributed by atoms with Gasteiger partial charge in [-0.25, -0.2) is 0 Å². The molecule has 1 atom stereocenters. The maximum atomic E-state index is 12.4. The van der Waals surface area contributed by atoms with E-state index in [0.29, 0.717) is 35.1 Å². The fraction of sp³-hybridized carbons (Fsp3) is 0.353. The standard InChI is InChI=1S/C17H20N2O5/c1-5-14(17(21)18-16-8-10(2)24-19-16)23-15-9-12(22-4)6-7-13(15)11(3)20/h6-9,14H,5H2,1-4H3,(H,18,19,21)/t14-/m0/s1. The number of ketones is 1. The number of nitrogens with one attached hydrogen (secondary N) is 1. The van der Waals surface area contributed by atoms with Gasteiger partial charge in [-0.3, -0.25) is 9.59 Å². The van der Waals surface area contributed by atoms with Crippen LogP contribution < -0.4 is 14.8 Å². The minimum absolute atomic E-state index is 0.157. The van der Waals surface area contributed by atoms with Crippen molar-refractivity contribution >= 4 is 17.5 Å². The molecule has 1 amide bonds. The van der Waals surface area contributed by atoms with E-state index >= 15 is 0 Å². The number of Topliss-reactive ketones (excluding diaryl/α,β-unsaturated/α-hetero) is 1. The second-order valence-corrected chi connectivity index (χ2v) is 5.25. The summed E-state index contributed by atoms with van der Waals surface area (Å²) in [5.74, 6) is 1.22. The van der Waals surface area contributed by atoms with E-state index < -0.39 is 6.10 Å². The van der Waals surface area contributed by atoms with Gasteiger partial charge in [-0.2, -0.15) is 0 Å². The summed E-state index contributed by atoms with van der Waals surface area (Å²) in [6.07, 6.45) is -0.371. The number of carbonyl (C=O) groups excluding carboxylic acids is 2. The van der Waals surface area contributed by atoms with Crippen molar-refractivity contribution in [3.8, 4) is 11.5 Å². The Morgan fingerprint density at radius 1 is 1.33 bits per heavy atom. The first kappa shape index (κ1) is 17.5. The molecule has 7 heteroatoms. The van der Waals surface area contributed by atoms with Gasteiger partial charge in [0.05, 0.1) is 12.7 Å². The first-order valence-electron chi connectivity index (χ1n) is 7.54. The van der Waals surface area contributed by atoms with Gasteiger partial charge in [-0.15, -0.1) is 0 Å². The molecule has 0 aliphatic heterocycles. The number of rotatable bonds is 7. The van der Waals surface area contributed by atoms with Gasteiger partial charge >= 0.3 is 0 Å². The second-order valence-electron chi connectivity index (χ2n) is 5.25. The molecule has 0 saturated heterocycles. The van der Waals surface area contributed by atoms with Gasteiger partial charge in [0.1, 0.15) is 17.3 Å². The molecule has 0 aliphatic rings. The van der Waals surface area contributed by atoms with Gasteiger partial charge in [0, 0.05) is 12.1 Å². The third-order valence-corrected chi connectivity index (χ3v) is 3.38. The molecule has 2 aromatic rings. The number of aromatic nitrogens is 1. The second kappa shape index (κ2) is 7.63. The highest BCUT2D eigenvalue weighted by Crippen LogP contribution is 2.27. The quantitative estimate of drug-likeness (QED) is 0.784. The summed E-state index contributed by atoms with van der Waals surface area (Å²) in [6, 6.07) is 6.48. The van der Waals surface area contributed by atoms with Crippen molar-refractivity contribution in [2.75, 3.05) is 12.4 Å². The van der Waals surface area contributed by atoms with Crippen molar-refractivity contribution in [2.45, 2.75) is 33.3 Å². The van der Waals surface area contributed by atoms with Gasteiger partial charge in [0.15, 0.2) is 17.7 Å². The van der Waals surface area contributed by atoms with Crippen LogP contribution in [0.1, 0.15) is 36.4 Å². The van der Waals surface area contributed by atoms with Crippen molar-refractivity contribution in [3.63, 3.8) is 0 Å². The highest BCUT2D eigenvalue weighted by molar-refractivity contribution is 5.97. The monoisotopic (exact) mass is 332 g/mol. The summed E-state index contributed by atoms with van der Waals surface area (Å²) in [4.78, 5) is 24.1. The van der Waals surface area contributed by atoms with Crippen LogP contribution in [0.15, 0.2) is 28.8 Å². The molecule has 1 heterocycles. The number of ether oxygens (including phenoxy) is 2. The topological polar surface area (TPSA) is 90.7 Å². The van der Waals surface area contributed by atoms with Crippen LogP contribution in [0.2, 0.25) is 0 Å². The molecule has 0 saturated carbocycles. The average molecular weight is 332 g/mol. The number of hydrogen-bond donors (Lipinski definition) is 1. The van der Waals surface area contributed by atoms with Crippen LogP contribution in [0.3, 0.4) is 0 Å². The number of hydrogen-bond acceptors (Lipinski definition) is 6. The molecule has 0 aliphatic carbocycles. The summed E-state index contributed by atoms with van der Waals surface area (Å²) in [5, 5.41) is 6.34. The van der Waals surface area contributed by atoms with E-state index in [9.17, 15) is 9.59 Å². The predicted molar refractivity (Wildman–Crippen MR) is 87.6 cm³/mol. The minimum Gasteiger partial charge on any atom is -0.497 e. The average Bonchev–Trinajstić information content (AvgIpc) is 2.96. The molecule has 128 valence electrons.